The average molecular weight is 385 g/mol. The highest BCUT2D eigenvalue weighted by Gasteiger charge is 2.08. The summed E-state index contributed by atoms with van der Waals surface area (Å²) in [5, 5.41) is 9.03. The molecule has 0 radical (unpaired) electrons. The lowest BCUT2D eigenvalue weighted by Crippen LogP contribution is -2.33. The number of carbonyl (C=O) groups excluding carboxylic acids is 1. The molecule has 0 aliphatic rings. The quantitative estimate of drug-likeness (QED) is 0.478. The van der Waals surface area contributed by atoms with Crippen LogP contribution < -0.4 is 25.4 Å². The lowest BCUT2D eigenvalue weighted by atomic mass is 10.2. The summed E-state index contributed by atoms with van der Waals surface area (Å²) in [4.78, 5) is 20.4. The molecule has 1 aromatic carbocycles. The lowest BCUT2D eigenvalue weighted by Gasteiger charge is -2.14. The molecule has 0 aliphatic heterocycles. The zero-order valence-electron chi connectivity index (χ0n) is 16.7. The predicted octanol–water partition coefficient (Wildman–Crippen LogP) is 2.81. The fourth-order valence-corrected chi connectivity index (χ4v) is 2.38. The number of amides is 1. The third-order valence-electron chi connectivity index (χ3n) is 3.77. The Morgan fingerprint density at radius 1 is 1.18 bits per heavy atom. The van der Waals surface area contributed by atoms with Crippen LogP contribution in [0.25, 0.3) is 0 Å². The van der Waals surface area contributed by atoms with E-state index < -0.39 is 0 Å². The van der Waals surface area contributed by atoms with Gasteiger partial charge in [0.15, 0.2) is 17.5 Å². The molecule has 0 atom stereocenters. The number of methoxy groups -OCH3 is 1. The molecule has 0 fully saturated rings. The molecule has 1 amide bonds. The number of guanidine groups is 1. The second kappa shape index (κ2) is 10.8. The molecule has 1 aromatic heterocycles. The van der Waals surface area contributed by atoms with Crippen molar-refractivity contribution < 1.29 is 14.3 Å². The van der Waals surface area contributed by atoms with Crippen LogP contribution in [0.1, 0.15) is 18.9 Å². The predicted molar refractivity (Wildman–Crippen MR) is 111 cm³/mol. The molecule has 150 valence electrons. The number of hydrogen-bond donors (Lipinski definition) is 3. The Morgan fingerprint density at radius 2 is 2.00 bits per heavy atom. The monoisotopic (exact) mass is 385 g/mol. The van der Waals surface area contributed by atoms with Gasteiger partial charge < -0.3 is 25.4 Å². The van der Waals surface area contributed by atoms with E-state index in [-0.39, 0.29) is 12.3 Å². The first-order chi connectivity index (χ1) is 13.5. The van der Waals surface area contributed by atoms with E-state index in [0.29, 0.717) is 36.4 Å². The van der Waals surface area contributed by atoms with Gasteiger partial charge in [-0.05, 0) is 37.6 Å². The van der Waals surface area contributed by atoms with Crippen LogP contribution in [-0.4, -0.2) is 44.2 Å². The lowest BCUT2D eigenvalue weighted by molar-refractivity contribution is -0.116. The molecule has 0 saturated carbocycles. The number of hydrogen-bond acceptors (Lipinski definition) is 5. The number of anilines is 2. The number of aliphatic imine (C=N–C) groups is 1. The Bertz CT molecular complexity index is 806. The highest BCUT2D eigenvalue weighted by Crippen LogP contribution is 2.30. The van der Waals surface area contributed by atoms with Crippen molar-refractivity contribution >= 4 is 23.4 Å². The normalized spacial score (nSPS) is 10.9. The van der Waals surface area contributed by atoms with Gasteiger partial charge in [0.05, 0.1) is 13.7 Å². The number of aryl methyl sites for hydroxylation is 1. The molecule has 1 heterocycles. The van der Waals surface area contributed by atoms with Crippen LogP contribution in [0.2, 0.25) is 0 Å². The van der Waals surface area contributed by atoms with Gasteiger partial charge in [0.25, 0.3) is 0 Å². The third-order valence-corrected chi connectivity index (χ3v) is 3.77. The van der Waals surface area contributed by atoms with Crippen LogP contribution in [-0.2, 0) is 4.79 Å². The highest BCUT2D eigenvalue weighted by molar-refractivity contribution is 5.94. The summed E-state index contributed by atoms with van der Waals surface area (Å²) >= 11 is 0. The highest BCUT2D eigenvalue weighted by atomic mass is 16.5. The van der Waals surface area contributed by atoms with E-state index in [1.54, 1.807) is 26.4 Å². The van der Waals surface area contributed by atoms with Gasteiger partial charge in [-0.25, -0.2) is 4.98 Å². The van der Waals surface area contributed by atoms with Gasteiger partial charge >= 0.3 is 0 Å². The number of ether oxygens (including phenoxy) is 2. The SMILES string of the molecule is CCOc1ccc(NC(=NC)NCCC(=O)Nc2ccc(C)cn2)cc1OC. The fraction of sp³-hybridized carbons (Fsp3) is 0.350. The van der Waals surface area contributed by atoms with E-state index in [0.717, 1.165) is 11.3 Å². The molecule has 2 aromatic rings. The summed E-state index contributed by atoms with van der Waals surface area (Å²) in [5.74, 6) is 2.28. The molecule has 3 N–H and O–H groups in total. The summed E-state index contributed by atoms with van der Waals surface area (Å²) in [6.07, 6.45) is 1.99. The van der Waals surface area contributed by atoms with E-state index >= 15 is 0 Å². The summed E-state index contributed by atoms with van der Waals surface area (Å²) in [5.41, 5.74) is 1.84. The van der Waals surface area contributed by atoms with E-state index in [1.807, 2.05) is 38.1 Å². The van der Waals surface area contributed by atoms with Gasteiger partial charge in [-0.3, -0.25) is 9.79 Å². The Hall–Kier alpha value is -3.29. The van der Waals surface area contributed by atoms with Crippen molar-refractivity contribution in [3.8, 4) is 11.5 Å². The average Bonchev–Trinajstić information content (AvgIpc) is 2.70. The number of aromatic nitrogens is 1. The van der Waals surface area contributed by atoms with Crippen molar-refractivity contribution in [1.29, 1.82) is 0 Å². The number of pyridine rings is 1. The molecule has 0 spiro atoms. The minimum Gasteiger partial charge on any atom is -0.493 e. The van der Waals surface area contributed by atoms with Crippen LogP contribution in [0.5, 0.6) is 11.5 Å². The molecule has 2 rings (SSSR count). The molecule has 0 bridgehead atoms. The zero-order chi connectivity index (χ0) is 20.4. The topological polar surface area (TPSA) is 96.9 Å². The third kappa shape index (κ3) is 6.46. The van der Waals surface area contributed by atoms with Crippen LogP contribution in [0.4, 0.5) is 11.5 Å². The zero-order valence-corrected chi connectivity index (χ0v) is 16.7. The Balaban J connectivity index is 1.84. The van der Waals surface area contributed by atoms with Gasteiger partial charge in [-0.15, -0.1) is 0 Å². The fourth-order valence-electron chi connectivity index (χ4n) is 2.38. The van der Waals surface area contributed by atoms with Crippen molar-refractivity contribution in [1.82, 2.24) is 10.3 Å². The molecule has 8 nitrogen and oxygen atoms in total. The first kappa shape index (κ1) is 21.0. The van der Waals surface area contributed by atoms with Crippen LogP contribution in [0, 0.1) is 6.92 Å². The van der Waals surface area contributed by atoms with E-state index in [2.05, 4.69) is 25.9 Å². The van der Waals surface area contributed by atoms with Crippen LogP contribution >= 0.6 is 0 Å². The summed E-state index contributed by atoms with van der Waals surface area (Å²) < 4.78 is 10.9. The molecule has 28 heavy (non-hydrogen) atoms. The number of nitrogens with zero attached hydrogens (tertiary/aromatic N) is 2. The summed E-state index contributed by atoms with van der Waals surface area (Å²) in [6, 6.07) is 9.21. The van der Waals surface area contributed by atoms with Crippen LogP contribution in [0.3, 0.4) is 0 Å². The van der Waals surface area contributed by atoms with E-state index in [1.165, 1.54) is 0 Å². The molecule has 8 heteroatoms. The minimum absolute atomic E-state index is 0.123. The summed E-state index contributed by atoms with van der Waals surface area (Å²) in [7, 11) is 3.26. The smallest absolute Gasteiger partial charge is 0.227 e. The molecule has 0 unspecified atom stereocenters. The van der Waals surface area contributed by atoms with Gasteiger partial charge in [0, 0.05) is 38.0 Å². The Kier molecular flexibility index (Phi) is 8.08. The van der Waals surface area contributed by atoms with Crippen molar-refractivity contribution in [3.05, 3.63) is 42.1 Å². The standard InChI is InChI=1S/C20H27N5O3/c1-5-28-16-8-7-15(12-17(16)27-4)24-20(21-3)22-11-10-19(26)25-18-9-6-14(2)13-23-18/h6-9,12-13H,5,10-11H2,1-4H3,(H2,21,22,24)(H,23,25,26). The first-order valence-electron chi connectivity index (χ1n) is 9.06. The minimum atomic E-state index is -0.123. The van der Waals surface area contributed by atoms with Gasteiger partial charge in [-0.1, -0.05) is 6.07 Å². The second-order valence-electron chi connectivity index (χ2n) is 5.94. The largest absolute Gasteiger partial charge is 0.493 e. The van der Waals surface area contributed by atoms with Crippen molar-refractivity contribution in [2.75, 3.05) is 37.9 Å². The number of carbonyl (C=O) groups is 1. The van der Waals surface area contributed by atoms with Crippen molar-refractivity contribution in [2.24, 2.45) is 4.99 Å². The van der Waals surface area contributed by atoms with Gasteiger partial charge in [0.1, 0.15) is 5.82 Å². The molecular formula is C20H27N5O3. The molecular weight excluding hydrogens is 358 g/mol. The number of rotatable bonds is 8. The molecule has 0 aliphatic carbocycles. The van der Waals surface area contributed by atoms with Gasteiger partial charge in [0.2, 0.25) is 5.91 Å². The number of nitrogens with one attached hydrogen (secondary N) is 3. The van der Waals surface area contributed by atoms with Crippen LogP contribution in [0.15, 0.2) is 41.5 Å². The van der Waals surface area contributed by atoms with E-state index in [9.17, 15) is 4.79 Å². The maximum atomic E-state index is 12.0. The number of benzene rings is 1. The van der Waals surface area contributed by atoms with Gasteiger partial charge in [-0.2, -0.15) is 0 Å². The molecule has 0 saturated heterocycles. The Labute approximate surface area is 165 Å². The maximum absolute atomic E-state index is 12.0. The first-order valence-corrected chi connectivity index (χ1v) is 9.06. The Morgan fingerprint density at radius 3 is 2.64 bits per heavy atom. The van der Waals surface area contributed by atoms with Crippen molar-refractivity contribution in [2.45, 2.75) is 20.3 Å². The van der Waals surface area contributed by atoms with Crippen molar-refractivity contribution in [3.63, 3.8) is 0 Å². The second-order valence-corrected chi connectivity index (χ2v) is 5.94. The maximum Gasteiger partial charge on any atom is 0.227 e. The van der Waals surface area contributed by atoms with E-state index in [4.69, 9.17) is 9.47 Å². The summed E-state index contributed by atoms with van der Waals surface area (Å²) in [6.45, 7) is 4.85.